The van der Waals surface area contributed by atoms with Crippen molar-refractivity contribution in [1.29, 1.82) is 0 Å². The van der Waals surface area contributed by atoms with E-state index >= 15 is 0 Å². The Kier molecular flexibility index (Phi) is 3.84. The van der Waals surface area contributed by atoms with Crippen molar-refractivity contribution in [2.75, 3.05) is 6.61 Å². The Morgan fingerprint density at radius 2 is 1.90 bits per heavy atom. The highest BCUT2D eigenvalue weighted by Crippen LogP contribution is 2.11. The number of benzene rings is 1. The summed E-state index contributed by atoms with van der Waals surface area (Å²) in [6.07, 6.45) is 1.60. The van der Waals surface area contributed by atoms with Gasteiger partial charge in [-0.05, 0) is 38.1 Å². The molecule has 0 atom stereocenters. The first kappa shape index (κ1) is 13.8. The molecule has 0 aliphatic heterocycles. The van der Waals surface area contributed by atoms with Crippen molar-refractivity contribution in [2.45, 2.75) is 13.8 Å². The largest absolute Gasteiger partial charge is 0.460 e. The van der Waals surface area contributed by atoms with Crippen LogP contribution in [0.15, 0.2) is 35.3 Å². The van der Waals surface area contributed by atoms with Gasteiger partial charge >= 0.3 is 11.7 Å². The zero-order valence-corrected chi connectivity index (χ0v) is 11.2. The van der Waals surface area contributed by atoms with Crippen LogP contribution >= 0.6 is 0 Å². The Hall–Kier alpha value is -2.63. The molecule has 2 rings (SSSR count). The number of ether oxygens (including phenoxy) is 1. The predicted molar refractivity (Wildman–Crippen MR) is 72.1 cm³/mol. The van der Waals surface area contributed by atoms with Crippen molar-refractivity contribution in [1.82, 2.24) is 9.55 Å². The summed E-state index contributed by atoms with van der Waals surface area (Å²) >= 11 is 0. The lowest BCUT2D eigenvalue weighted by Gasteiger charge is -2.05. The predicted octanol–water partition coefficient (Wildman–Crippen LogP) is 1.22. The number of H-pyrrole nitrogens is 1. The minimum atomic E-state index is -0.879. The van der Waals surface area contributed by atoms with Crippen molar-refractivity contribution in [3.8, 4) is 5.69 Å². The lowest BCUT2D eigenvalue weighted by Crippen LogP contribution is -2.18. The molecule has 1 aromatic carbocycles. The normalized spacial score (nSPS) is 10.3. The number of ketones is 1. The van der Waals surface area contributed by atoms with Gasteiger partial charge in [-0.2, -0.15) is 0 Å². The fourth-order valence-corrected chi connectivity index (χ4v) is 1.85. The van der Waals surface area contributed by atoms with E-state index in [1.54, 1.807) is 32.2 Å². The third kappa shape index (κ3) is 2.54. The van der Waals surface area contributed by atoms with E-state index in [-0.39, 0.29) is 17.9 Å². The van der Waals surface area contributed by atoms with Gasteiger partial charge in [-0.15, -0.1) is 0 Å². The van der Waals surface area contributed by atoms with Crippen LogP contribution in [0, 0.1) is 6.92 Å². The molecular formula is C14H14N2O4. The topological polar surface area (TPSA) is 81.2 Å². The highest BCUT2D eigenvalue weighted by atomic mass is 16.5. The smallest absolute Gasteiger partial charge is 0.379 e. The number of aryl methyl sites for hydroxylation is 1. The number of esters is 1. The van der Waals surface area contributed by atoms with Gasteiger partial charge in [0.25, 0.3) is 5.78 Å². The van der Waals surface area contributed by atoms with Crippen LogP contribution in [0.5, 0.6) is 0 Å². The highest BCUT2D eigenvalue weighted by Gasteiger charge is 2.17. The van der Waals surface area contributed by atoms with E-state index in [0.29, 0.717) is 5.69 Å². The van der Waals surface area contributed by atoms with Gasteiger partial charge in [0.1, 0.15) is 0 Å². The molecule has 0 saturated carbocycles. The Morgan fingerprint density at radius 1 is 1.25 bits per heavy atom. The first-order chi connectivity index (χ1) is 9.54. The van der Waals surface area contributed by atoms with Gasteiger partial charge < -0.3 is 9.72 Å². The van der Waals surface area contributed by atoms with Crippen molar-refractivity contribution < 1.29 is 14.3 Å². The third-order valence-corrected chi connectivity index (χ3v) is 2.81. The van der Waals surface area contributed by atoms with Gasteiger partial charge in [0.05, 0.1) is 12.3 Å². The quantitative estimate of drug-likeness (QED) is 0.516. The Morgan fingerprint density at radius 3 is 2.40 bits per heavy atom. The van der Waals surface area contributed by atoms with E-state index in [1.807, 2.05) is 0 Å². The van der Waals surface area contributed by atoms with Crippen LogP contribution in [-0.2, 0) is 9.53 Å². The second-order valence-corrected chi connectivity index (χ2v) is 4.17. The van der Waals surface area contributed by atoms with E-state index in [4.69, 9.17) is 0 Å². The molecular weight excluding hydrogens is 260 g/mol. The zero-order valence-electron chi connectivity index (χ0n) is 11.2. The molecule has 20 heavy (non-hydrogen) atoms. The molecule has 0 fully saturated rings. The molecule has 0 unspecified atom stereocenters. The van der Waals surface area contributed by atoms with Gasteiger partial charge in [0, 0.05) is 17.5 Å². The summed E-state index contributed by atoms with van der Waals surface area (Å²) in [4.78, 5) is 37.2. The maximum absolute atomic E-state index is 11.7. The minimum Gasteiger partial charge on any atom is -0.460 e. The first-order valence-corrected chi connectivity index (χ1v) is 6.13. The molecule has 6 nitrogen and oxygen atoms in total. The molecule has 2 aromatic rings. The van der Waals surface area contributed by atoms with Crippen LogP contribution in [0.4, 0.5) is 0 Å². The third-order valence-electron chi connectivity index (χ3n) is 2.81. The van der Waals surface area contributed by atoms with Gasteiger partial charge in [0.2, 0.25) is 0 Å². The summed E-state index contributed by atoms with van der Waals surface area (Å²) in [7, 11) is 0. The van der Waals surface area contributed by atoms with Crippen LogP contribution in [-0.4, -0.2) is 27.9 Å². The Labute approximate surface area is 115 Å². The number of imidazole rings is 1. The summed E-state index contributed by atoms with van der Waals surface area (Å²) in [6, 6.07) is 6.20. The standard InChI is InChI=1S/C14H14N2O4/c1-3-20-13(18)12(17)10-4-6-11(7-5-10)16-9(2)8-15-14(16)19/h4-8H,3H2,1-2H3,(H,15,19). The molecule has 0 aliphatic rings. The molecule has 0 radical (unpaired) electrons. The summed E-state index contributed by atoms with van der Waals surface area (Å²) in [5.74, 6) is -1.58. The molecule has 1 heterocycles. The van der Waals surface area contributed by atoms with Crippen molar-refractivity contribution in [3.63, 3.8) is 0 Å². The van der Waals surface area contributed by atoms with Crippen LogP contribution in [0.1, 0.15) is 23.0 Å². The molecule has 1 aromatic heterocycles. The molecule has 6 heteroatoms. The van der Waals surface area contributed by atoms with Crippen molar-refractivity contribution in [2.24, 2.45) is 0 Å². The van der Waals surface area contributed by atoms with Crippen LogP contribution in [0.25, 0.3) is 5.69 Å². The fraction of sp³-hybridized carbons (Fsp3) is 0.214. The molecule has 0 amide bonds. The molecule has 0 bridgehead atoms. The number of hydrogen-bond acceptors (Lipinski definition) is 4. The number of carbonyl (C=O) groups is 2. The number of aromatic amines is 1. The van der Waals surface area contributed by atoms with Gasteiger partial charge in [-0.25, -0.2) is 9.59 Å². The van der Waals surface area contributed by atoms with Crippen LogP contribution < -0.4 is 5.69 Å². The van der Waals surface area contributed by atoms with E-state index in [2.05, 4.69) is 9.72 Å². The Bertz CT molecular complexity index is 695. The number of rotatable bonds is 4. The fourth-order valence-electron chi connectivity index (χ4n) is 1.85. The second kappa shape index (κ2) is 5.56. The zero-order chi connectivity index (χ0) is 14.7. The van der Waals surface area contributed by atoms with E-state index in [1.165, 1.54) is 16.7 Å². The van der Waals surface area contributed by atoms with E-state index < -0.39 is 11.8 Å². The number of hydrogen-bond donors (Lipinski definition) is 1. The maximum Gasteiger partial charge on any atom is 0.379 e. The van der Waals surface area contributed by atoms with E-state index in [0.717, 1.165) is 5.69 Å². The number of aromatic nitrogens is 2. The average molecular weight is 274 g/mol. The molecule has 0 spiro atoms. The molecule has 104 valence electrons. The summed E-state index contributed by atoms with van der Waals surface area (Å²) in [6.45, 7) is 3.57. The van der Waals surface area contributed by atoms with Crippen molar-refractivity contribution in [3.05, 3.63) is 52.2 Å². The SMILES string of the molecule is CCOC(=O)C(=O)c1ccc(-n2c(C)c[nH]c2=O)cc1. The van der Waals surface area contributed by atoms with Gasteiger partial charge in [-0.3, -0.25) is 9.36 Å². The van der Waals surface area contributed by atoms with Crippen LogP contribution in [0.3, 0.4) is 0 Å². The highest BCUT2D eigenvalue weighted by molar-refractivity contribution is 6.40. The maximum atomic E-state index is 11.7. The van der Waals surface area contributed by atoms with Gasteiger partial charge in [0.15, 0.2) is 0 Å². The first-order valence-electron chi connectivity index (χ1n) is 6.13. The average Bonchev–Trinajstić information content (AvgIpc) is 2.78. The summed E-state index contributed by atoms with van der Waals surface area (Å²) < 4.78 is 6.12. The molecule has 0 aliphatic carbocycles. The summed E-state index contributed by atoms with van der Waals surface area (Å²) in [5, 5.41) is 0. The number of Topliss-reactive ketones (excluding diaryl/α,β-unsaturated/α-hetero) is 1. The van der Waals surface area contributed by atoms with Gasteiger partial charge in [-0.1, -0.05) is 0 Å². The number of nitrogens with zero attached hydrogens (tertiary/aromatic N) is 1. The van der Waals surface area contributed by atoms with Crippen molar-refractivity contribution >= 4 is 11.8 Å². The van der Waals surface area contributed by atoms with E-state index in [9.17, 15) is 14.4 Å². The monoisotopic (exact) mass is 274 g/mol. The number of nitrogens with one attached hydrogen (secondary N) is 1. The Balaban J connectivity index is 2.29. The summed E-state index contributed by atoms with van der Waals surface area (Å²) in [5.41, 5.74) is 1.34. The lowest BCUT2D eigenvalue weighted by atomic mass is 10.1. The molecule has 0 saturated heterocycles. The van der Waals surface area contributed by atoms with Crippen LogP contribution in [0.2, 0.25) is 0 Å². The minimum absolute atomic E-state index is 0.153. The second-order valence-electron chi connectivity index (χ2n) is 4.17. The number of carbonyl (C=O) groups excluding carboxylic acids is 2. The lowest BCUT2D eigenvalue weighted by molar-refractivity contribution is -0.137. The molecule has 1 N–H and O–H groups in total.